The van der Waals surface area contributed by atoms with Gasteiger partial charge in [-0.1, -0.05) is 53.8 Å². The molecule has 7 heteroatoms. The maximum Gasteiger partial charge on any atom is 0.266 e. The van der Waals surface area contributed by atoms with Crippen LogP contribution in [0.5, 0.6) is 11.5 Å². The number of carbonyl (C=O) groups is 1. The Morgan fingerprint density at radius 1 is 1.18 bits per heavy atom. The zero-order valence-corrected chi connectivity index (χ0v) is 18.2. The highest BCUT2D eigenvalue weighted by atomic mass is 35.5. The van der Waals surface area contributed by atoms with Gasteiger partial charge in [-0.05, 0) is 55.3 Å². The molecule has 28 heavy (non-hydrogen) atoms. The summed E-state index contributed by atoms with van der Waals surface area (Å²) in [7, 11) is 1.59. The van der Waals surface area contributed by atoms with Gasteiger partial charge in [0.25, 0.3) is 5.91 Å². The highest BCUT2D eigenvalue weighted by molar-refractivity contribution is 8.26. The summed E-state index contributed by atoms with van der Waals surface area (Å²) < 4.78 is 11.9. The highest BCUT2D eigenvalue weighted by Crippen LogP contribution is 2.35. The van der Waals surface area contributed by atoms with Gasteiger partial charge in [0.05, 0.1) is 12.0 Å². The fraction of sp³-hybridized carbons (Fsp3) is 0.238. The zero-order chi connectivity index (χ0) is 20.3. The van der Waals surface area contributed by atoms with Crippen LogP contribution >= 0.6 is 35.6 Å². The van der Waals surface area contributed by atoms with E-state index in [2.05, 4.69) is 0 Å². The standard InChI is InChI=1S/C21H20ClNO3S2/c1-13(2)23-20(24)19(28-21(23)27)11-15-6-9-17(18(10-15)25-3)26-12-14-4-7-16(22)8-5-14/h4-11,13H,12H2,1-3H3. The lowest BCUT2D eigenvalue weighted by Gasteiger charge is -2.18. The molecule has 0 atom stereocenters. The van der Waals surface area contributed by atoms with Crippen molar-refractivity contribution in [2.45, 2.75) is 26.5 Å². The van der Waals surface area contributed by atoms with E-state index in [-0.39, 0.29) is 11.9 Å². The van der Waals surface area contributed by atoms with Crippen molar-refractivity contribution in [1.29, 1.82) is 0 Å². The molecule has 1 heterocycles. The Labute approximate surface area is 179 Å². The van der Waals surface area contributed by atoms with E-state index in [1.807, 2.05) is 62.4 Å². The Balaban J connectivity index is 1.77. The summed E-state index contributed by atoms with van der Waals surface area (Å²) in [5, 5.41) is 0.688. The lowest BCUT2D eigenvalue weighted by Crippen LogP contribution is -2.34. The summed E-state index contributed by atoms with van der Waals surface area (Å²) in [4.78, 5) is 14.8. The van der Waals surface area contributed by atoms with Crippen LogP contribution in [0, 0.1) is 0 Å². The number of ether oxygens (including phenoxy) is 2. The van der Waals surface area contributed by atoms with Gasteiger partial charge in [0.2, 0.25) is 0 Å². The molecular formula is C21H20ClNO3S2. The van der Waals surface area contributed by atoms with Gasteiger partial charge in [-0.3, -0.25) is 9.69 Å². The third-order valence-corrected chi connectivity index (χ3v) is 5.72. The average Bonchev–Trinajstić information content (AvgIpc) is 2.95. The first-order valence-corrected chi connectivity index (χ1v) is 10.3. The van der Waals surface area contributed by atoms with Crippen molar-refractivity contribution in [3.63, 3.8) is 0 Å². The van der Waals surface area contributed by atoms with Crippen molar-refractivity contribution in [2.75, 3.05) is 7.11 Å². The topological polar surface area (TPSA) is 38.8 Å². The Morgan fingerprint density at radius 3 is 2.50 bits per heavy atom. The van der Waals surface area contributed by atoms with Crippen LogP contribution in [-0.4, -0.2) is 28.3 Å². The fourth-order valence-electron chi connectivity index (χ4n) is 2.71. The van der Waals surface area contributed by atoms with Crippen LogP contribution in [0.4, 0.5) is 0 Å². The summed E-state index contributed by atoms with van der Waals surface area (Å²) in [5.74, 6) is 1.17. The third kappa shape index (κ3) is 4.69. The van der Waals surface area contributed by atoms with Crippen LogP contribution in [0.25, 0.3) is 6.08 Å². The van der Waals surface area contributed by atoms with E-state index >= 15 is 0 Å². The molecule has 2 aromatic rings. The first-order valence-electron chi connectivity index (χ1n) is 8.71. The van der Waals surface area contributed by atoms with E-state index in [0.717, 1.165) is 11.1 Å². The molecule has 0 saturated carbocycles. The van der Waals surface area contributed by atoms with Crippen LogP contribution < -0.4 is 9.47 Å². The monoisotopic (exact) mass is 433 g/mol. The van der Waals surface area contributed by atoms with Crippen molar-refractivity contribution in [2.24, 2.45) is 0 Å². The number of nitrogens with zero attached hydrogens (tertiary/aromatic N) is 1. The summed E-state index contributed by atoms with van der Waals surface area (Å²) in [5.41, 5.74) is 1.85. The first-order chi connectivity index (χ1) is 13.4. The van der Waals surface area contributed by atoms with E-state index in [1.54, 1.807) is 12.0 Å². The van der Waals surface area contributed by atoms with Crippen molar-refractivity contribution >= 4 is 51.9 Å². The number of benzene rings is 2. The molecule has 0 aromatic heterocycles. The maximum absolute atomic E-state index is 12.6. The van der Waals surface area contributed by atoms with Crippen molar-refractivity contribution < 1.29 is 14.3 Å². The lowest BCUT2D eigenvalue weighted by molar-refractivity contribution is -0.123. The minimum Gasteiger partial charge on any atom is -0.493 e. The van der Waals surface area contributed by atoms with Crippen LogP contribution in [0.3, 0.4) is 0 Å². The highest BCUT2D eigenvalue weighted by Gasteiger charge is 2.33. The molecule has 0 N–H and O–H groups in total. The van der Waals surface area contributed by atoms with Gasteiger partial charge in [0.1, 0.15) is 10.9 Å². The fourth-order valence-corrected chi connectivity index (χ4v) is 4.36. The van der Waals surface area contributed by atoms with E-state index in [1.165, 1.54) is 11.8 Å². The summed E-state index contributed by atoms with van der Waals surface area (Å²) in [6, 6.07) is 13.1. The zero-order valence-electron chi connectivity index (χ0n) is 15.8. The molecule has 0 aliphatic carbocycles. The van der Waals surface area contributed by atoms with Crippen LogP contribution in [-0.2, 0) is 11.4 Å². The minimum absolute atomic E-state index is 0.0385. The van der Waals surface area contributed by atoms with Crippen LogP contribution in [0.1, 0.15) is 25.0 Å². The largest absolute Gasteiger partial charge is 0.493 e. The van der Waals surface area contributed by atoms with E-state index < -0.39 is 0 Å². The Morgan fingerprint density at radius 2 is 1.89 bits per heavy atom. The number of amides is 1. The van der Waals surface area contributed by atoms with Gasteiger partial charge in [-0.15, -0.1) is 0 Å². The number of thioether (sulfide) groups is 1. The Hall–Kier alpha value is -2.02. The number of hydrogen-bond donors (Lipinski definition) is 0. The SMILES string of the molecule is COc1cc(C=C2SC(=S)N(C(C)C)C2=O)ccc1OCc1ccc(Cl)cc1. The molecule has 0 bridgehead atoms. The second-order valence-corrected chi connectivity index (χ2v) is 8.58. The Bertz CT molecular complexity index is 926. The van der Waals surface area contributed by atoms with E-state index in [0.29, 0.717) is 32.4 Å². The van der Waals surface area contributed by atoms with Crippen molar-refractivity contribution in [3.05, 3.63) is 63.5 Å². The van der Waals surface area contributed by atoms with Crippen molar-refractivity contribution in [1.82, 2.24) is 4.90 Å². The summed E-state index contributed by atoms with van der Waals surface area (Å²) in [6.45, 7) is 4.30. The lowest BCUT2D eigenvalue weighted by atomic mass is 10.1. The second-order valence-electron chi connectivity index (χ2n) is 6.47. The number of hydrogen-bond acceptors (Lipinski definition) is 5. The second kappa shape index (κ2) is 8.99. The van der Waals surface area contributed by atoms with Gasteiger partial charge in [-0.2, -0.15) is 0 Å². The molecule has 4 nitrogen and oxygen atoms in total. The molecule has 1 amide bonds. The number of thiocarbonyl (C=S) groups is 1. The molecule has 1 fully saturated rings. The predicted molar refractivity (Wildman–Crippen MR) is 119 cm³/mol. The number of halogens is 1. The smallest absolute Gasteiger partial charge is 0.266 e. The van der Waals surface area contributed by atoms with Gasteiger partial charge < -0.3 is 9.47 Å². The van der Waals surface area contributed by atoms with Crippen molar-refractivity contribution in [3.8, 4) is 11.5 Å². The predicted octanol–water partition coefficient (Wildman–Crippen LogP) is 5.54. The first kappa shape index (κ1) is 20.7. The molecule has 1 aliphatic rings. The summed E-state index contributed by atoms with van der Waals surface area (Å²) >= 11 is 12.5. The van der Waals surface area contributed by atoms with Gasteiger partial charge in [0.15, 0.2) is 11.5 Å². The molecule has 0 unspecified atom stereocenters. The molecular weight excluding hydrogens is 414 g/mol. The molecule has 146 valence electrons. The maximum atomic E-state index is 12.6. The normalized spacial score (nSPS) is 15.6. The quantitative estimate of drug-likeness (QED) is 0.442. The molecule has 1 aliphatic heterocycles. The van der Waals surface area contributed by atoms with Gasteiger partial charge >= 0.3 is 0 Å². The molecule has 2 aromatic carbocycles. The molecule has 1 saturated heterocycles. The molecule has 0 spiro atoms. The molecule has 0 radical (unpaired) electrons. The van der Waals surface area contributed by atoms with Gasteiger partial charge in [0, 0.05) is 11.1 Å². The van der Waals surface area contributed by atoms with Gasteiger partial charge in [-0.25, -0.2) is 0 Å². The Kier molecular flexibility index (Phi) is 6.65. The minimum atomic E-state index is -0.0629. The van der Waals surface area contributed by atoms with E-state index in [4.69, 9.17) is 33.3 Å². The number of methoxy groups -OCH3 is 1. The van der Waals surface area contributed by atoms with Crippen LogP contribution in [0.15, 0.2) is 47.4 Å². The third-order valence-electron chi connectivity index (χ3n) is 4.13. The number of rotatable bonds is 6. The van der Waals surface area contributed by atoms with E-state index in [9.17, 15) is 4.79 Å². The average molecular weight is 434 g/mol. The summed E-state index contributed by atoms with van der Waals surface area (Å²) in [6.07, 6.45) is 1.83. The number of carbonyl (C=O) groups excluding carboxylic acids is 1. The van der Waals surface area contributed by atoms with Crippen LogP contribution in [0.2, 0.25) is 5.02 Å². The molecule has 3 rings (SSSR count).